The van der Waals surface area contributed by atoms with Gasteiger partial charge in [0.25, 0.3) is 5.91 Å². The molecule has 1 aliphatic heterocycles. The topological polar surface area (TPSA) is 78.5 Å². The smallest absolute Gasteiger partial charge is 0.251 e. The third kappa shape index (κ3) is 6.17. The molecule has 0 bridgehead atoms. The van der Waals surface area contributed by atoms with Gasteiger partial charge in [-0.2, -0.15) is 0 Å². The second-order valence-electron chi connectivity index (χ2n) is 7.73. The van der Waals surface area contributed by atoms with Gasteiger partial charge in [0, 0.05) is 45.1 Å². The van der Waals surface area contributed by atoms with E-state index in [9.17, 15) is 14.4 Å². The number of nitrogens with zero attached hydrogens (tertiary/aromatic N) is 1. The van der Waals surface area contributed by atoms with E-state index in [1.165, 1.54) is 6.92 Å². The number of hydrogen-bond acceptors (Lipinski definition) is 3. The average Bonchev–Trinajstić information content (AvgIpc) is 2.78. The highest BCUT2D eigenvalue weighted by molar-refractivity contribution is 5.94. The predicted molar refractivity (Wildman–Crippen MR) is 117 cm³/mol. The first kappa shape index (κ1) is 21.6. The zero-order valence-electron chi connectivity index (χ0n) is 17.4. The van der Waals surface area contributed by atoms with Crippen molar-refractivity contribution in [2.45, 2.75) is 26.2 Å². The van der Waals surface area contributed by atoms with E-state index >= 15 is 0 Å². The third-order valence-corrected chi connectivity index (χ3v) is 5.39. The Labute approximate surface area is 177 Å². The lowest BCUT2D eigenvalue weighted by Gasteiger charge is -2.33. The minimum Gasteiger partial charge on any atom is -0.356 e. The van der Waals surface area contributed by atoms with Gasteiger partial charge in [0.1, 0.15) is 0 Å². The second-order valence-corrected chi connectivity index (χ2v) is 7.73. The van der Waals surface area contributed by atoms with Crippen LogP contribution in [0, 0.1) is 5.92 Å². The van der Waals surface area contributed by atoms with Crippen LogP contribution in [0.4, 0.5) is 0 Å². The van der Waals surface area contributed by atoms with Gasteiger partial charge in [0.2, 0.25) is 11.8 Å². The minimum absolute atomic E-state index is 0.0521. The van der Waals surface area contributed by atoms with Crippen LogP contribution in [0.5, 0.6) is 0 Å². The highest BCUT2D eigenvalue weighted by atomic mass is 16.2. The van der Waals surface area contributed by atoms with E-state index < -0.39 is 0 Å². The Morgan fingerprint density at radius 2 is 1.67 bits per heavy atom. The van der Waals surface area contributed by atoms with E-state index in [4.69, 9.17) is 0 Å². The molecule has 0 unspecified atom stereocenters. The van der Waals surface area contributed by atoms with Gasteiger partial charge >= 0.3 is 0 Å². The number of nitrogens with one attached hydrogen (secondary N) is 2. The number of carbonyl (C=O) groups is 3. The third-order valence-electron chi connectivity index (χ3n) is 5.39. The molecule has 1 atom stereocenters. The lowest BCUT2D eigenvalue weighted by molar-refractivity contribution is -0.132. The molecule has 0 spiro atoms. The van der Waals surface area contributed by atoms with Gasteiger partial charge in [-0.1, -0.05) is 42.5 Å². The number of benzene rings is 2. The molecule has 30 heavy (non-hydrogen) atoms. The lowest BCUT2D eigenvalue weighted by Crippen LogP contribution is -2.44. The summed E-state index contributed by atoms with van der Waals surface area (Å²) < 4.78 is 0. The number of rotatable bonds is 7. The van der Waals surface area contributed by atoms with Gasteiger partial charge in [0.15, 0.2) is 0 Å². The van der Waals surface area contributed by atoms with Crippen molar-refractivity contribution >= 4 is 17.7 Å². The van der Waals surface area contributed by atoms with E-state index in [0.717, 1.165) is 30.5 Å². The van der Waals surface area contributed by atoms with E-state index in [0.29, 0.717) is 31.6 Å². The van der Waals surface area contributed by atoms with Crippen LogP contribution in [-0.4, -0.2) is 48.8 Å². The Morgan fingerprint density at radius 3 is 2.37 bits per heavy atom. The molecule has 3 amide bonds. The zero-order valence-corrected chi connectivity index (χ0v) is 17.4. The summed E-state index contributed by atoms with van der Waals surface area (Å²) in [5.41, 5.74) is 2.83. The van der Waals surface area contributed by atoms with E-state index in [-0.39, 0.29) is 23.6 Å². The molecule has 0 aromatic heterocycles. The highest BCUT2D eigenvalue weighted by Crippen LogP contribution is 2.20. The molecule has 1 aliphatic rings. The molecule has 6 nitrogen and oxygen atoms in total. The molecule has 0 radical (unpaired) electrons. The van der Waals surface area contributed by atoms with E-state index in [1.54, 1.807) is 0 Å². The molecule has 1 saturated heterocycles. The summed E-state index contributed by atoms with van der Waals surface area (Å²) in [4.78, 5) is 37.6. The number of likely N-dealkylation sites (tertiary alicyclic amines) is 1. The van der Waals surface area contributed by atoms with Gasteiger partial charge in [-0.15, -0.1) is 0 Å². The molecular formula is C24H29N3O3. The number of piperidine rings is 1. The maximum Gasteiger partial charge on any atom is 0.251 e. The van der Waals surface area contributed by atoms with Crippen LogP contribution in [0.15, 0.2) is 54.6 Å². The number of hydrogen-bond donors (Lipinski definition) is 2. The fourth-order valence-electron chi connectivity index (χ4n) is 3.75. The first-order valence-electron chi connectivity index (χ1n) is 10.5. The van der Waals surface area contributed by atoms with E-state index in [1.807, 2.05) is 59.5 Å². The highest BCUT2D eigenvalue weighted by Gasteiger charge is 2.23. The van der Waals surface area contributed by atoms with Crippen molar-refractivity contribution in [3.8, 4) is 11.1 Å². The Hall–Kier alpha value is -3.15. The standard InChI is InChI=1S/C24H29N3O3/c1-18(28)25-14-13-23(29)27-15-5-6-19(17-27)16-26-24(30)22-11-9-21(10-12-22)20-7-3-2-4-8-20/h2-4,7-12,19H,5-6,13-17H2,1H3,(H,25,28)(H,26,30)/t19-/m1/s1. The van der Waals surface area contributed by atoms with Gasteiger partial charge < -0.3 is 15.5 Å². The van der Waals surface area contributed by atoms with Crippen LogP contribution in [0.3, 0.4) is 0 Å². The van der Waals surface area contributed by atoms with Crippen LogP contribution in [-0.2, 0) is 9.59 Å². The van der Waals surface area contributed by atoms with Crippen LogP contribution in [0.25, 0.3) is 11.1 Å². The molecular weight excluding hydrogens is 378 g/mol. The van der Waals surface area contributed by atoms with Gasteiger partial charge in [-0.25, -0.2) is 0 Å². The van der Waals surface area contributed by atoms with E-state index in [2.05, 4.69) is 10.6 Å². The maximum absolute atomic E-state index is 12.5. The molecule has 158 valence electrons. The Balaban J connectivity index is 1.47. The van der Waals surface area contributed by atoms with Crippen LogP contribution in [0.1, 0.15) is 36.5 Å². The molecule has 0 saturated carbocycles. The molecule has 2 aromatic rings. The molecule has 1 fully saturated rings. The SMILES string of the molecule is CC(=O)NCCC(=O)N1CCC[C@H](CNC(=O)c2ccc(-c3ccccc3)cc2)C1. The van der Waals surface area contributed by atoms with Crippen molar-refractivity contribution in [1.29, 1.82) is 0 Å². The maximum atomic E-state index is 12.5. The summed E-state index contributed by atoms with van der Waals surface area (Å²) in [6.45, 7) is 3.75. The number of amides is 3. The molecule has 0 aliphatic carbocycles. The number of carbonyl (C=O) groups excluding carboxylic acids is 3. The second kappa shape index (κ2) is 10.6. The largest absolute Gasteiger partial charge is 0.356 e. The van der Waals surface area contributed by atoms with Crippen LogP contribution >= 0.6 is 0 Å². The van der Waals surface area contributed by atoms with Crippen molar-refractivity contribution in [3.05, 3.63) is 60.2 Å². The van der Waals surface area contributed by atoms with Crippen molar-refractivity contribution < 1.29 is 14.4 Å². The summed E-state index contributed by atoms with van der Waals surface area (Å²) in [5.74, 6) is 0.0786. The van der Waals surface area contributed by atoms with Crippen molar-refractivity contribution in [3.63, 3.8) is 0 Å². The monoisotopic (exact) mass is 407 g/mol. The van der Waals surface area contributed by atoms with Gasteiger partial charge in [-0.05, 0) is 42.0 Å². The fraction of sp³-hybridized carbons (Fsp3) is 0.375. The summed E-state index contributed by atoms with van der Waals surface area (Å²) in [7, 11) is 0. The Bertz CT molecular complexity index is 865. The molecule has 3 rings (SSSR count). The van der Waals surface area contributed by atoms with Gasteiger partial charge in [0.05, 0.1) is 0 Å². The van der Waals surface area contributed by atoms with Crippen molar-refractivity contribution in [2.24, 2.45) is 5.92 Å². The average molecular weight is 408 g/mol. The van der Waals surface area contributed by atoms with Gasteiger partial charge in [-0.3, -0.25) is 14.4 Å². The summed E-state index contributed by atoms with van der Waals surface area (Å²) in [6, 6.07) is 17.7. The van der Waals surface area contributed by atoms with Crippen LogP contribution in [0.2, 0.25) is 0 Å². The fourth-order valence-corrected chi connectivity index (χ4v) is 3.75. The predicted octanol–water partition coefficient (Wildman–Crippen LogP) is 2.85. The first-order chi connectivity index (χ1) is 14.5. The summed E-state index contributed by atoms with van der Waals surface area (Å²) in [5, 5.41) is 5.67. The lowest BCUT2D eigenvalue weighted by atomic mass is 9.97. The molecule has 2 aromatic carbocycles. The zero-order chi connectivity index (χ0) is 21.3. The van der Waals surface area contributed by atoms with Crippen molar-refractivity contribution in [1.82, 2.24) is 15.5 Å². The van der Waals surface area contributed by atoms with Crippen molar-refractivity contribution in [2.75, 3.05) is 26.2 Å². The first-order valence-corrected chi connectivity index (χ1v) is 10.5. The molecule has 1 heterocycles. The summed E-state index contributed by atoms with van der Waals surface area (Å²) in [6.07, 6.45) is 2.23. The summed E-state index contributed by atoms with van der Waals surface area (Å²) >= 11 is 0. The Morgan fingerprint density at radius 1 is 0.967 bits per heavy atom. The molecule has 2 N–H and O–H groups in total. The quantitative estimate of drug-likeness (QED) is 0.741. The Kier molecular flexibility index (Phi) is 7.60. The minimum atomic E-state index is -0.126. The normalized spacial score (nSPS) is 16.0. The molecule has 6 heteroatoms. The van der Waals surface area contributed by atoms with Crippen LogP contribution < -0.4 is 10.6 Å².